The van der Waals surface area contributed by atoms with E-state index in [1.165, 1.54) is 12.1 Å². The van der Waals surface area contributed by atoms with Gasteiger partial charge in [0, 0.05) is 86.4 Å². The summed E-state index contributed by atoms with van der Waals surface area (Å²) in [6.45, 7) is 12.7. The molecule has 0 aliphatic carbocycles. The number of aromatic amines is 2. The standard InChI is InChI=1S/C57H55N11O9/c69-57(70)35-10-12-36(13-11-35)77-37-14-15-38-42(34-37)53-58-49(38)60-54-46-39(4-1-7-43(46)74-31-22-66-16-25-71-26-17-66)50(61-54)59-51-40-5-2-8-44(75-32-23-67-18-27-72-28-19-67)47(40)55(62-51)63-52-41-6-3-9-45(48(41)56(64-52)65-53)76-33-24-68-20-29-73-30-21-68/h1-15,34H,16-33H2,(H,69,70)(H2,58,59,60,61,62,63,64,65). The monoisotopic (exact) mass is 1040 g/mol. The highest BCUT2D eigenvalue weighted by molar-refractivity contribution is 6.11. The number of hydrogen-bond donors (Lipinski definition) is 3. The van der Waals surface area contributed by atoms with Gasteiger partial charge in [-0.05, 0) is 60.7 Å². The molecule has 5 aromatic carbocycles. The third-order valence-electron chi connectivity index (χ3n) is 14.4. The van der Waals surface area contributed by atoms with Gasteiger partial charge in [-0.1, -0.05) is 36.4 Å². The molecule has 5 aliphatic rings. The van der Waals surface area contributed by atoms with Crippen molar-refractivity contribution in [2.75, 3.05) is 118 Å². The molecule has 13 rings (SSSR count). The lowest BCUT2D eigenvalue weighted by molar-refractivity contribution is 0.0322. The smallest absolute Gasteiger partial charge is 0.335 e. The quantitative estimate of drug-likeness (QED) is 0.0905. The van der Waals surface area contributed by atoms with E-state index in [0.717, 1.165) is 79.5 Å². The van der Waals surface area contributed by atoms with Crippen molar-refractivity contribution in [3.8, 4) is 74.3 Å². The molecule has 0 atom stereocenters. The van der Waals surface area contributed by atoms with E-state index in [9.17, 15) is 9.90 Å². The molecule has 0 saturated carbocycles. The number of nitrogens with one attached hydrogen (secondary N) is 2. The van der Waals surface area contributed by atoms with E-state index in [4.69, 9.17) is 63.1 Å². The van der Waals surface area contributed by atoms with Crippen LogP contribution in [0.15, 0.2) is 97.1 Å². The van der Waals surface area contributed by atoms with Gasteiger partial charge in [-0.25, -0.2) is 34.7 Å². The van der Waals surface area contributed by atoms with Crippen LogP contribution in [-0.2, 0) is 14.2 Å². The molecule has 3 saturated heterocycles. The van der Waals surface area contributed by atoms with Crippen LogP contribution < -0.4 is 18.9 Å². The number of H-pyrrole nitrogens is 2. The summed E-state index contributed by atoms with van der Waals surface area (Å²) in [5, 5.41) is 12.6. The van der Waals surface area contributed by atoms with Crippen molar-refractivity contribution in [2.45, 2.75) is 0 Å². The zero-order valence-electron chi connectivity index (χ0n) is 42.2. The largest absolute Gasteiger partial charge is 0.491 e. The lowest BCUT2D eigenvalue weighted by Gasteiger charge is -2.26. The van der Waals surface area contributed by atoms with Crippen LogP contribution in [0.1, 0.15) is 10.4 Å². The van der Waals surface area contributed by atoms with Crippen LogP contribution in [0.5, 0.6) is 28.7 Å². The summed E-state index contributed by atoms with van der Waals surface area (Å²) in [5.41, 5.74) is 4.95. The number of fused-ring (bicyclic) bond motifs is 20. The fourth-order valence-electron chi connectivity index (χ4n) is 10.4. The van der Waals surface area contributed by atoms with Crippen LogP contribution in [-0.4, -0.2) is 184 Å². The van der Waals surface area contributed by atoms with Gasteiger partial charge in [-0.15, -0.1) is 0 Å². The van der Waals surface area contributed by atoms with E-state index >= 15 is 0 Å². The van der Waals surface area contributed by atoms with Crippen molar-refractivity contribution < 1.29 is 43.1 Å². The predicted molar refractivity (Wildman–Crippen MR) is 288 cm³/mol. The molecule has 77 heavy (non-hydrogen) atoms. The Balaban J connectivity index is 1.02. The molecule has 3 N–H and O–H groups in total. The highest BCUT2D eigenvalue weighted by Gasteiger charge is 2.28. The molecule has 8 bridgehead atoms. The fourth-order valence-corrected chi connectivity index (χ4v) is 10.4. The summed E-state index contributed by atoms with van der Waals surface area (Å²) in [6.07, 6.45) is 0. The molecule has 5 aliphatic heterocycles. The molecule has 8 aromatic rings. The molecule has 3 aromatic heterocycles. The number of morpholine rings is 3. The van der Waals surface area contributed by atoms with E-state index in [-0.39, 0.29) is 5.56 Å². The Hall–Kier alpha value is -8.11. The minimum atomic E-state index is -1.03. The number of benzene rings is 5. The summed E-state index contributed by atoms with van der Waals surface area (Å²) in [5.74, 6) is 3.26. The Kier molecular flexibility index (Phi) is 13.5. The normalized spacial score (nSPS) is 16.1. The maximum Gasteiger partial charge on any atom is 0.335 e. The minimum absolute atomic E-state index is 0.150. The molecule has 3 fully saturated rings. The average Bonchev–Trinajstić information content (AvgIpc) is 4.21. The maximum absolute atomic E-state index is 11.7. The number of carboxylic acids is 1. The van der Waals surface area contributed by atoms with Gasteiger partial charge in [-0.2, -0.15) is 0 Å². The maximum atomic E-state index is 11.7. The van der Waals surface area contributed by atoms with Gasteiger partial charge in [0.25, 0.3) is 0 Å². The van der Waals surface area contributed by atoms with Crippen LogP contribution in [0.25, 0.3) is 89.7 Å². The Morgan fingerprint density at radius 3 is 1.49 bits per heavy atom. The lowest BCUT2D eigenvalue weighted by atomic mass is 10.1. The summed E-state index contributed by atoms with van der Waals surface area (Å²) in [6, 6.07) is 29.6. The number of carbonyl (C=O) groups is 1. The van der Waals surface area contributed by atoms with Crippen LogP contribution in [0.4, 0.5) is 0 Å². The second-order valence-electron chi connectivity index (χ2n) is 19.2. The molecule has 20 nitrogen and oxygen atoms in total. The summed E-state index contributed by atoms with van der Waals surface area (Å²) < 4.78 is 43.1. The second kappa shape index (κ2) is 21.5. The van der Waals surface area contributed by atoms with Gasteiger partial charge in [0.2, 0.25) is 0 Å². The number of ether oxygens (including phenoxy) is 7. The van der Waals surface area contributed by atoms with Gasteiger partial charge in [0.05, 0.1) is 61.5 Å². The lowest BCUT2D eigenvalue weighted by Crippen LogP contribution is -2.38. The SMILES string of the molecule is O=C(O)c1ccc(Oc2ccc3c(c2)-c2nc-3nc3[nH]c(nc4[nH]c(nc5nc(n2)-c2c(OCCN6CCOCC6)cccc2-5)c2c(OCCN5CCOCC5)cccc42)c2cccc(OCCN4CCOCC4)c32)cc1. The number of hydrogen-bond acceptors (Lipinski definition) is 17. The molecular weight excluding hydrogens is 983 g/mol. The zero-order valence-corrected chi connectivity index (χ0v) is 42.2. The third kappa shape index (κ3) is 10.1. The Bertz CT molecular complexity index is 3680. The topological polar surface area (TPSA) is 221 Å². The van der Waals surface area contributed by atoms with E-state index in [1.54, 1.807) is 12.1 Å². The van der Waals surface area contributed by atoms with Crippen LogP contribution >= 0.6 is 0 Å². The molecule has 20 heteroatoms. The predicted octanol–water partition coefficient (Wildman–Crippen LogP) is 7.49. The number of aromatic carboxylic acids is 1. The van der Waals surface area contributed by atoms with Crippen molar-refractivity contribution in [3.05, 3.63) is 103 Å². The zero-order chi connectivity index (χ0) is 51.7. The molecular formula is C57H55N11O9. The number of nitrogens with zero attached hydrogens (tertiary/aromatic N) is 9. The van der Waals surface area contributed by atoms with Crippen molar-refractivity contribution in [1.82, 2.24) is 54.6 Å². The summed E-state index contributed by atoms with van der Waals surface area (Å²) in [7, 11) is 0. The first-order valence-electron chi connectivity index (χ1n) is 26.1. The summed E-state index contributed by atoms with van der Waals surface area (Å²) >= 11 is 0. The van der Waals surface area contributed by atoms with E-state index in [0.29, 0.717) is 157 Å². The van der Waals surface area contributed by atoms with Crippen LogP contribution in [0.2, 0.25) is 0 Å². The van der Waals surface area contributed by atoms with Crippen molar-refractivity contribution in [1.29, 1.82) is 0 Å². The second-order valence-corrected chi connectivity index (χ2v) is 19.2. The number of rotatable bonds is 15. The van der Waals surface area contributed by atoms with Gasteiger partial charge in [0.15, 0.2) is 23.3 Å². The Morgan fingerprint density at radius 1 is 0.481 bits per heavy atom. The van der Waals surface area contributed by atoms with E-state index < -0.39 is 5.97 Å². The minimum Gasteiger partial charge on any atom is -0.491 e. The van der Waals surface area contributed by atoms with Crippen LogP contribution in [0.3, 0.4) is 0 Å². The average molecular weight is 1040 g/mol. The first-order valence-corrected chi connectivity index (χ1v) is 26.1. The first-order chi connectivity index (χ1) is 38.0. The molecule has 0 radical (unpaired) electrons. The highest BCUT2D eigenvalue weighted by atomic mass is 16.5. The van der Waals surface area contributed by atoms with Crippen LogP contribution in [0, 0.1) is 0 Å². The van der Waals surface area contributed by atoms with E-state index in [2.05, 4.69) is 24.7 Å². The van der Waals surface area contributed by atoms with Crippen molar-refractivity contribution in [2.24, 2.45) is 0 Å². The fraction of sp³-hybridized carbons (Fsp3) is 0.316. The number of aromatic nitrogens is 8. The third-order valence-corrected chi connectivity index (χ3v) is 14.4. The van der Waals surface area contributed by atoms with Gasteiger partial charge < -0.3 is 48.2 Å². The van der Waals surface area contributed by atoms with Crippen molar-refractivity contribution >= 4 is 50.1 Å². The molecule has 0 amide bonds. The molecule has 8 heterocycles. The molecule has 0 unspecified atom stereocenters. The summed E-state index contributed by atoms with van der Waals surface area (Å²) in [4.78, 5) is 57.6. The van der Waals surface area contributed by atoms with Crippen molar-refractivity contribution in [3.63, 3.8) is 0 Å². The number of carboxylic acid groups (broad SMARTS) is 1. The van der Waals surface area contributed by atoms with Gasteiger partial charge in [0.1, 0.15) is 71.2 Å². The highest BCUT2D eigenvalue weighted by Crippen LogP contribution is 2.44. The Labute approximate surface area is 441 Å². The van der Waals surface area contributed by atoms with E-state index in [1.807, 2.05) is 72.8 Å². The molecule has 392 valence electrons. The van der Waals surface area contributed by atoms with Gasteiger partial charge >= 0.3 is 5.97 Å². The van der Waals surface area contributed by atoms with Gasteiger partial charge in [-0.3, -0.25) is 14.7 Å². The Morgan fingerprint density at radius 2 is 0.948 bits per heavy atom. The molecule has 0 spiro atoms. The first kappa shape index (κ1) is 48.5.